The summed E-state index contributed by atoms with van der Waals surface area (Å²) in [6, 6.07) is 7.10. The van der Waals surface area contributed by atoms with Gasteiger partial charge in [0, 0.05) is 4.88 Å². The number of aromatic nitrogens is 1. The number of hydrogen-bond acceptors (Lipinski definition) is 3. The summed E-state index contributed by atoms with van der Waals surface area (Å²) in [5.74, 6) is -0.201. The van der Waals surface area contributed by atoms with Gasteiger partial charge in [0.15, 0.2) is 0 Å². The number of amides is 1. The molecule has 3 nitrogen and oxygen atoms in total. The van der Waals surface area contributed by atoms with Gasteiger partial charge in [-0.3, -0.25) is 4.79 Å². The molecule has 1 N–H and O–H groups in total. The van der Waals surface area contributed by atoms with Crippen LogP contribution in [0.25, 0.3) is 0 Å². The van der Waals surface area contributed by atoms with Crippen molar-refractivity contribution in [2.24, 2.45) is 0 Å². The van der Waals surface area contributed by atoms with Gasteiger partial charge in [-0.2, -0.15) is 0 Å². The summed E-state index contributed by atoms with van der Waals surface area (Å²) in [5.41, 5.74) is 1.62. The van der Waals surface area contributed by atoms with Crippen LogP contribution < -0.4 is 5.32 Å². The van der Waals surface area contributed by atoms with Crippen molar-refractivity contribution in [2.45, 2.75) is 19.9 Å². The molecule has 2 heterocycles. The standard InChI is InChI=1S/C13H13ClN2OS/c1-2-9-6-7-18-11(9)8-15-13(17)10-4-3-5-12(14)16-10/h3-7H,2,8H2,1H3,(H,15,17). The molecule has 2 aromatic rings. The van der Waals surface area contributed by atoms with E-state index in [4.69, 9.17) is 11.6 Å². The van der Waals surface area contributed by atoms with Crippen LogP contribution in [-0.4, -0.2) is 10.9 Å². The molecule has 0 aromatic carbocycles. The molecule has 0 aliphatic carbocycles. The van der Waals surface area contributed by atoms with Crippen LogP contribution in [-0.2, 0) is 13.0 Å². The highest BCUT2D eigenvalue weighted by Gasteiger charge is 2.09. The predicted molar refractivity (Wildman–Crippen MR) is 74.1 cm³/mol. The molecule has 94 valence electrons. The Balaban J connectivity index is 2.00. The molecule has 5 heteroatoms. The van der Waals surface area contributed by atoms with E-state index < -0.39 is 0 Å². The van der Waals surface area contributed by atoms with Gasteiger partial charge < -0.3 is 5.32 Å². The van der Waals surface area contributed by atoms with Crippen molar-refractivity contribution in [1.29, 1.82) is 0 Å². The number of pyridine rings is 1. The summed E-state index contributed by atoms with van der Waals surface area (Å²) in [6.07, 6.45) is 0.976. The Morgan fingerprint density at radius 2 is 2.28 bits per heavy atom. The van der Waals surface area contributed by atoms with Crippen molar-refractivity contribution in [2.75, 3.05) is 0 Å². The summed E-state index contributed by atoms with van der Waals surface area (Å²) in [4.78, 5) is 17.0. The molecule has 0 radical (unpaired) electrons. The summed E-state index contributed by atoms with van der Waals surface area (Å²) in [6.45, 7) is 2.64. The van der Waals surface area contributed by atoms with Gasteiger partial charge in [-0.25, -0.2) is 4.98 Å². The van der Waals surface area contributed by atoms with Gasteiger partial charge in [0.1, 0.15) is 10.8 Å². The Morgan fingerprint density at radius 1 is 1.44 bits per heavy atom. The zero-order valence-electron chi connectivity index (χ0n) is 9.94. The van der Waals surface area contributed by atoms with Crippen molar-refractivity contribution in [3.05, 3.63) is 50.9 Å². The number of nitrogens with zero attached hydrogens (tertiary/aromatic N) is 1. The van der Waals surface area contributed by atoms with E-state index in [1.165, 1.54) is 10.4 Å². The lowest BCUT2D eigenvalue weighted by atomic mass is 10.2. The van der Waals surface area contributed by atoms with Gasteiger partial charge in [0.25, 0.3) is 5.91 Å². The van der Waals surface area contributed by atoms with Crippen LogP contribution in [0.4, 0.5) is 0 Å². The fraction of sp³-hybridized carbons (Fsp3) is 0.231. The van der Waals surface area contributed by atoms with E-state index in [9.17, 15) is 4.79 Å². The van der Waals surface area contributed by atoms with Crippen LogP contribution >= 0.6 is 22.9 Å². The van der Waals surface area contributed by atoms with Gasteiger partial charge >= 0.3 is 0 Å². The molecule has 0 aliphatic rings. The first-order valence-corrected chi connectivity index (χ1v) is 6.92. The highest BCUT2D eigenvalue weighted by Crippen LogP contribution is 2.17. The summed E-state index contributed by atoms with van der Waals surface area (Å²) in [5, 5.41) is 5.22. The van der Waals surface area contributed by atoms with Crippen LogP contribution in [0.15, 0.2) is 29.6 Å². The molecule has 0 atom stereocenters. The van der Waals surface area contributed by atoms with Crippen LogP contribution in [0.1, 0.15) is 27.9 Å². The molecule has 0 saturated carbocycles. The molecular weight excluding hydrogens is 268 g/mol. The Labute approximate surface area is 115 Å². The Kier molecular flexibility index (Phi) is 4.33. The van der Waals surface area contributed by atoms with Crippen molar-refractivity contribution >= 4 is 28.8 Å². The molecule has 18 heavy (non-hydrogen) atoms. The molecule has 1 amide bonds. The molecule has 0 fully saturated rings. The fourth-order valence-corrected chi connectivity index (χ4v) is 2.70. The van der Waals surface area contributed by atoms with Gasteiger partial charge in [0.05, 0.1) is 6.54 Å². The van der Waals surface area contributed by atoms with E-state index in [1.807, 2.05) is 5.38 Å². The van der Waals surface area contributed by atoms with E-state index in [1.54, 1.807) is 29.5 Å². The number of aryl methyl sites for hydroxylation is 1. The smallest absolute Gasteiger partial charge is 0.270 e. The first kappa shape index (κ1) is 13.1. The molecule has 0 aliphatic heterocycles. The summed E-state index contributed by atoms with van der Waals surface area (Å²) in [7, 11) is 0. The fourth-order valence-electron chi connectivity index (χ4n) is 1.62. The lowest BCUT2D eigenvalue weighted by molar-refractivity contribution is 0.0946. The topological polar surface area (TPSA) is 42.0 Å². The molecule has 0 spiro atoms. The minimum absolute atomic E-state index is 0.201. The second-order valence-corrected chi connectivity index (χ2v) is 5.14. The second kappa shape index (κ2) is 5.98. The van der Waals surface area contributed by atoms with Gasteiger partial charge in [-0.05, 0) is 35.6 Å². The van der Waals surface area contributed by atoms with Crippen molar-refractivity contribution < 1.29 is 4.79 Å². The maximum absolute atomic E-state index is 11.9. The largest absolute Gasteiger partial charge is 0.346 e. The maximum atomic E-state index is 11.9. The van der Waals surface area contributed by atoms with Gasteiger partial charge in [-0.1, -0.05) is 24.6 Å². The van der Waals surface area contributed by atoms with Crippen molar-refractivity contribution in [3.63, 3.8) is 0 Å². The lowest BCUT2D eigenvalue weighted by Crippen LogP contribution is -2.23. The van der Waals surface area contributed by atoms with E-state index in [2.05, 4.69) is 23.3 Å². The SMILES string of the molecule is CCc1ccsc1CNC(=O)c1cccc(Cl)n1. The number of halogens is 1. The van der Waals surface area contributed by atoms with Crippen molar-refractivity contribution in [1.82, 2.24) is 10.3 Å². The minimum atomic E-state index is -0.201. The molecule has 0 saturated heterocycles. The van der Waals surface area contributed by atoms with E-state index in [0.717, 1.165) is 6.42 Å². The highest BCUT2D eigenvalue weighted by molar-refractivity contribution is 7.10. The second-order valence-electron chi connectivity index (χ2n) is 3.75. The lowest BCUT2D eigenvalue weighted by Gasteiger charge is -2.05. The Morgan fingerprint density at radius 3 is 3.00 bits per heavy atom. The average Bonchev–Trinajstić information content (AvgIpc) is 2.83. The number of rotatable bonds is 4. The van der Waals surface area contributed by atoms with E-state index in [-0.39, 0.29) is 5.91 Å². The molecular formula is C13H13ClN2OS. The molecule has 0 bridgehead atoms. The van der Waals surface area contributed by atoms with E-state index in [0.29, 0.717) is 17.4 Å². The zero-order chi connectivity index (χ0) is 13.0. The predicted octanol–water partition coefficient (Wildman–Crippen LogP) is 3.29. The maximum Gasteiger partial charge on any atom is 0.270 e. The van der Waals surface area contributed by atoms with Crippen LogP contribution in [0, 0.1) is 0 Å². The number of thiophene rings is 1. The quantitative estimate of drug-likeness (QED) is 0.873. The normalized spacial score (nSPS) is 10.3. The van der Waals surface area contributed by atoms with Crippen LogP contribution in [0.3, 0.4) is 0 Å². The van der Waals surface area contributed by atoms with Gasteiger partial charge in [0.2, 0.25) is 0 Å². The van der Waals surface area contributed by atoms with Crippen molar-refractivity contribution in [3.8, 4) is 0 Å². The number of carbonyl (C=O) groups is 1. The minimum Gasteiger partial charge on any atom is -0.346 e. The number of carbonyl (C=O) groups excluding carboxylic acids is 1. The third-order valence-electron chi connectivity index (χ3n) is 2.58. The summed E-state index contributed by atoms with van der Waals surface area (Å²) < 4.78 is 0. The van der Waals surface area contributed by atoms with E-state index >= 15 is 0 Å². The molecule has 2 rings (SSSR count). The molecule has 0 unspecified atom stereocenters. The monoisotopic (exact) mass is 280 g/mol. The van der Waals surface area contributed by atoms with Gasteiger partial charge in [-0.15, -0.1) is 11.3 Å². The zero-order valence-corrected chi connectivity index (χ0v) is 11.5. The Bertz CT molecular complexity index is 553. The first-order valence-electron chi connectivity index (χ1n) is 5.66. The number of hydrogen-bond donors (Lipinski definition) is 1. The first-order chi connectivity index (χ1) is 8.70. The molecule has 2 aromatic heterocycles. The highest BCUT2D eigenvalue weighted by atomic mass is 35.5. The summed E-state index contributed by atoms with van der Waals surface area (Å²) >= 11 is 7.40. The van der Waals surface area contributed by atoms with Crippen LogP contribution in [0.5, 0.6) is 0 Å². The average molecular weight is 281 g/mol. The van der Waals surface area contributed by atoms with Crippen LogP contribution in [0.2, 0.25) is 5.15 Å². The Hall–Kier alpha value is -1.39. The number of nitrogens with one attached hydrogen (secondary N) is 1. The third-order valence-corrected chi connectivity index (χ3v) is 3.75. The third kappa shape index (κ3) is 3.09.